The van der Waals surface area contributed by atoms with Gasteiger partial charge in [0.05, 0.1) is 5.60 Å². The molecule has 2 nitrogen and oxygen atoms in total. The smallest absolute Gasteiger partial charge is 0.0671 e. The largest absolute Gasteiger partial charge is 0.390 e. The SMILES string of the molecule is CC(O)(CCN)Cc1ccc(Cl)cc1. The average molecular weight is 214 g/mol. The molecule has 0 amide bonds. The van der Waals surface area contributed by atoms with Gasteiger partial charge in [-0.2, -0.15) is 0 Å². The van der Waals surface area contributed by atoms with E-state index in [1.54, 1.807) is 6.92 Å². The van der Waals surface area contributed by atoms with Crippen LogP contribution in [0.4, 0.5) is 0 Å². The van der Waals surface area contributed by atoms with Crippen LogP contribution in [0.15, 0.2) is 24.3 Å². The molecule has 3 N–H and O–H groups in total. The maximum Gasteiger partial charge on any atom is 0.0671 e. The van der Waals surface area contributed by atoms with Crippen molar-refractivity contribution in [3.8, 4) is 0 Å². The van der Waals surface area contributed by atoms with Gasteiger partial charge in [-0.15, -0.1) is 0 Å². The van der Waals surface area contributed by atoms with Crippen molar-refractivity contribution in [3.63, 3.8) is 0 Å². The molecule has 1 aromatic rings. The molecule has 0 spiro atoms. The highest BCUT2D eigenvalue weighted by atomic mass is 35.5. The van der Waals surface area contributed by atoms with Gasteiger partial charge in [-0.25, -0.2) is 0 Å². The Labute approximate surface area is 89.7 Å². The zero-order valence-electron chi connectivity index (χ0n) is 8.33. The summed E-state index contributed by atoms with van der Waals surface area (Å²) in [6.07, 6.45) is 1.22. The minimum absolute atomic E-state index is 0.501. The Morgan fingerprint density at radius 3 is 2.43 bits per heavy atom. The lowest BCUT2D eigenvalue weighted by Gasteiger charge is -2.22. The molecule has 14 heavy (non-hydrogen) atoms. The first kappa shape index (κ1) is 11.5. The van der Waals surface area contributed by atoms with Gasteiger partial charge < -0.3 is 10.8 Å². The average Bonchev–Trinajstić information content (AvgIpc) is 2.08. The van der Waals surface area contributed by atoms with Crippen LogP contribution >= 0.6 is 11.6 Å². The summed E-state index contributed by atoms with van der Waals surface area (Å²) in [5.74, 6) is 0. The predicted octanol–water partition coefficient (Wildman–Crippen LogP) is 1.98. The minimum atomic E-state index is -0.720. The summed E-state index contributed by atoms with van der Waals surface area (Å²) in [5, 5.41) is 10.6. The van der Waals surface area contributed by atoms with E-state index in [2.05, 4.69) is 0 Å². The van der Waals surface area contributed by atoms with Crippen LogP contribution in [0.3, 0.4) is 0 Å². The summed E-state index contributed by atoms with van der Waals surface area (Å²) in [6.45, 7) is 2.30. The number of hydrogen-bond donors (Lipinski definition) is 2. The molecule has 3 heteroatoms. The third-order valence-corrected chi connectivity index (χ3v) is 2.43. The van der Waals surface area contributed by atoms with Gasteiger partial charge in [0.15, 0.2) is 0 Å². The maximum absolute atomic E-state index is 9.92. The number of rotatable bonds is 4. The van der Waals surface area contributed by atoms with Gasteiger partial charge in [0.1, 0.15) is 0 Å². The van der Waals surface area contributed by atoms with E-state index in [4.69, 9.17) is 17.3 Å². The minimum Gasteiger partial charge on any atom is -0.390 e. The standard InChI is InChI=1S/C11H16ClNO/c1-11(14,6-7-13)8-9-2-4-10(12)5-3-9/h2-5,14H,6-8,13H2,1H3. The fourth-order valence-corrected chi connectivity index (χ4v) is 1.57. The molecule has 0 aliphatic rings. The molecule has 0 fully saturated rings. The molecule has 0 heterocycles. The number of aliphatic hydroxyl groups is 1. The molecule has 0 aliphatic heterocycles. The molecular formula is C11H16ClNO. The van der Waals surface area contributed by atoms with Gasteiger partial charge in [0, 0.05) is 11.4 Å². The fourth-order valence-electron chi connectivity index (χ4n) is 1.44. The Morgan fingerprint density at radius 1 is 1.36 bits per heavy atom. The normalized spacial score (nSPS) is 15.1. The molecule has 0 radical (unpaired) electrons. The van der Waals surface area contributed by atoms with Crippen molar-refractivity contribution in [3.05, 3.63) is 34.9 Å². The van der Waals surface area contributed by atoms with E-state index >= 15 is 0 Å². The molecule has 1 atom stereocenters. The van der Waals surface area contributed by atoms with Gasteiger partial charge in [0.25, 0.3) is 0 Å². The van der Waals surface area contributed by atoms with Crippen LogP contribution in [0.25, 0.3) is 0 Å². The van der Waals surface area contributed by atoms with Crippen LogP contribution in [0.1, 0.15) is 18.9 Å². The van der Waals surface area contributed by atoms with Gasteiger partial charge in [-0.1, -0.05) is 23.7 Å². The molecular weight excluding hydrogens is 198 g/mol. The van der Waals surface area contributed by atoms with Crippen LogP contribution in [0.2, 0.25) is 5.02 Å². The van der Waals surface area contributed by atoms with Crippen molar-refractivity contribution in [2.45, 2.75) is 25.4 Å². The molecule has 1 aromatic carbocycles. The second kappa shape index (κ2) is 4.78. The van der Waals surface area contributed by atoms with E-state index in [0.29, 0.717) is 24.4 Å². The molecule has 0 saturated carbocycles. The molecule has 0 bridgehead atoms. The second-order valence-electron chi connectivity index (χ2n) is 3.84. The van der Waals surface area contributed by atoms with Crippen LogP contribution in [-0.2, 0) is 6.42 Å². The summed E-state index contributed by atoms with van der Waals surface area (Å²) >= 11 is 5.76. The summed E-state index contributed by atoms with van der Waals surface area (Å²) in [5.41, 5.74) is 5.77. The van der Waals surface area contributed by atoms with E-state index in [-0.39, 0.29) is 0 Å². The zero-order chi connectivity index (χ0) is 10.6. The van der Waals surface area contributed by atoms with E-state index in [9.17, 15) is 5.11 Å². The predicted molar refractivity (Wildman–Crippen MR) is 59.5 cm³/mol. The van der Waals surface area contributed by atoms with Gasteiger partial charge in [-0.3, -0.25) is 0 Å². The van der Waals surface area contributed by atoms with Crippen molar-refractivity contribution in [2.75, 3.05) is 6.54 Å². The van der Waals surface area contributed by atoms with E-state index in [0.717, 1.165) is 5.56 Å². The van der Waals surface area contributed by atoms with E-state index in [1.165, 1.54) is 0 Å². The van der Waals surface area contributed by atoms with Gasteiger partial charge >= 0.3 is 0 Å². The van der Waals surface area contributed by atoms with Crippen LogP contribution in [-0.4, -0.2) is 17.3 Å². The van der Waals surface area contributed by atoms with Crippen LogP contribution in [0.5, 0.6) is 0 Å². The van der Waals surface area contributed by atoms with E-state index < -0.39 is 5.60 Å². The fraction of sp³-hybridized carbons (Fsp3) is 0.455. The molecule has 0 saturated heterocycles. The first-order chi connectivity index (χ1) is 6.53. The highest BCUT2D eigenvalue weighted by molar-refractivity contribution is 6.30. The van der Waals surface area contributed by atoms with Crippen molar-refractivity contribution in [1.29, 1.82) is 0 Å². The highest BCUT2D eigenvalue weighted by Gasteiger charge is 2.19. The Kier molecular flexibility index (Phi) is 3.93. The monoisotopic (exact) mass is 213 g/mol. The zero-order valence-corrected chi connectivity index (χ0v) is 9.09. The van der Waals surface area contributed by atoms with E-state index in [1.807, 2.05) is 24.3 Å². The third kappa shape index (κ3) is 3.66. The van der Waals surface area contributed by atoms with Crippen LogP contribution in [0, 0.1) is 0 Å². The second-order valence-corrected chi connectivity index (χ2v) is 4.28. The van der Waals surface area contributed by atoms with Crippen molar-refractivity contribution in [1.82, 2.24) is 0 Å². The first-order valence-corrected chi connectivity index (χ1v) is 5.08. The molecule has 1 rings (SSSR count). The molecule has 0 aromatic heterocycles. The Morgan fingerprint density at radius 2 is 1.93 bits per heavy atom. The van der Waals surface area contributed by atoms with Crippen molar-refractivity contribution in [2.24, 2.45) is 5.73 Å². The van der Waals surface area contributed by atoms with Crippen molar-refractivity contribution < 1.29 is 5.11 Å². The molecule has 0 aliphatic carbocycles. The summed E-state index contributed by atoms with van der Waals surface area (Å²) in [6, 6.07) is 7.51. The lowest BCUT2D eigenvalue weighted by molar-refractivity contribution is 0.0539. The lowest BCUT2D eigenvalue weighted by Crippen LogP contribution is -2.30. The summed E-state index contributed by atoms with van der Waals surface area (Å²) < 4.78 is 0. The summed E-state index contributed by atoms with van der Waals surface area (Å²) in [4.78, 5) is 0. The number of nitrogens with two attached hydrogens (primary N) is 1. The topological polar surface area (TPSA) is 46.2 Å². The number of hydrogen-bond acceptors (Lipinski definition) is 2. The van der Waals surface area contributed by atoms with Crippen molar-refractivity contribution >= 4 is 11.6 Å². The quantitative estimate of drug-likeness (QED) is 0.804. The van der Waals surface area contributed by atoms with Gasteiger partial charge in [-0.05, 0) is 37.6 Å². The number of halogens is 1. The molecule has 78 valence electrons. The Hall–Kier alpha value is -0.570. The van der Waals surface area contributed by atoms with Crippen LogP contribution < -0.4 is 5.73 Å². The Balaban J connectivity index is 2.64. The summed E-state index contributed by atoms with van der Waals surface area (Å²) in [7, 11) is 0. The Bertz CT molecular complexity index is 282. The first-order valence-electron chi connectivity index (χ1n) is 4.70. The number of benzene rings is 1. The molecule has 1 unspecified atom stereocenters. The lowest BCUT2D eigenvalue weighted by atomic mass is 9.93. The third-order valence-electron chi connectivity index (χ3n) is 2.18. The van der Waals surface area contributed by atoms with Gasteiger partial charge in [0.2, 0.25) is 0 Å². The highest BCUT2D eigenvalue weighted by Crippen LogP contribution is 2.18. The maximum atomic E-state index is 9.92.